The average Bonchev–Trinajstić information content (AvgIpc) is 3.15. The summed E-state index contributed by atoms with van der Waals surface area (Å²) in [6.45, 7) is -0.116. The third kappa shape index (κ3) is 4.89. The normalized spacial score (nSPS) is 10.4. The second kappa shape index (κ2) is 8.57. The summed E-state index contributed by atoms with van der Waals surface area (Å²) >= 11 is 1.02. The molecule has 2 amide bonds. The number of halogens is 1. The number of nitrogens with one attached hydrogen (secondary N) is 1. The van der Waals surface area contributed by atoms with Crippen LogP contribution in [0.2, 0.25) is 0 Å². The van der Waals surface area contributed by atoms with Gasteiger partial charge in [0, 0.05) is 36.8 Å². The first kappa shape index (κ1) is 19.4. The SMILES string of the molecule is CN(C)C(=O)COc1cccc(C(=O)Nc2nc(-c3ccc(F)cc3)ns2)c1. The Kier molecular flexibility index (Phi) is 5.95. The first-order valence-electron chi connectivity index (χ1n) is 8.26. The molecule has 0 spiro atoms. The van der Waals surface area contributed by atoms with Gasteiger partial charge in [0.25, 0.3) is 11.8 Å². The first-order valence-corrected chi connectivity index (χ1v) is 9.04. The zero-order valence-corrected chi connectivity index (χ0v) is 16.0. The van der Waals surface area contributed by atoms with E-state index in [4.69, 9.17) is 4.74 Å². The predicted molar refractivity (Wildman–Crippen MR) is 104 cm³/mol. The van der Waals surface area contributed by atoms with E-state index in [1.807, 2.05) is 0 Å². The Balaban J connectivity index is 1.66. The number of carbonyl (C=O) groups is 2. The Bertz CT molecular complexity index is 989. The quantitative estimate of drug-likeness (QED) is 0.687. The molecule has 144 valence electrons. The maximum absolute atomic E-state index is 13.0. The minimum Gasteiger partial charge on any atom is -0.484 e. The van der Waals surface area contributed by atoms with Crippen LogP contribution in [0.4, 0.5) is 9.52 Å². The van der Waals surface area contributed by atoms with Crippen LogP contribution in [-0.4, -0.2) is 46.8 Å². The van der Waals surface area contributed by atoms with Crippen molar-refractivity contribution in [2.45, 2.75) is 0 Å². The highest BCUT2D eigenvalue weighted by Gasteiger charge is 2.13. The lowest BCUT2D eigenvalue weighted by Crippen LogP contribution is -2.27. The largest absolute Gasteiger partial charge is 0.484 e. The molecule has 0 aliphatic carbocycles. The van der Waals surface area contributed by atoms with Gasteiger partial charge in [0.05, 0.1) is 0 Å². The molecular formula is C19H17FN4O3S. The maximum Gasteiger partial charge on any atom is 0.259 e. The highest BCUT2D eigenvalue weighted by Crippen LogP contribution is 2.22. The van der Waals surface area contributed by atoms with Crippen molar-refractivity contribution in [3.63, 3.8) is 0 Å². The van der Waals surface area contributed by atoms with E-state index in [9.17, 15) is 14.0 Å². The van der Waals surface area contributed by atoms with E-state index in [0.717, 1.165) is 11.5 Å². The highest BCUT2D eigenvalue weighted by molar-refractivity contribution is 7.10. The molecule has 9 heteroatoms. The van der Waals surface area contributed by atoms with Crippen molar-refractivity contribution in [3.8, 4) is 17.1 Å². The van der Waals surface area contributed by atoms with Gasteiger partial charge in [-0.25, -0.2) is 4.39 Å². The second-order valence-corrected chi connectivity index (χ2v) is 6.74. The number of ether oxygens (including phenoxy) is 1. The molecule has 0 atom stereocenters. The van der Waals surface area contributed by atoms with Crippen molar-refractivity contribution in [3.05, 3.63) is 59.9 Å². The molecule has 0 aliphatic heterocycles. The molecule has 1 N–H and O–H groups in total. The van der Waals surface area contributed by atoms with Gasteiger partial charge in [-0.1, -0.05) is 6.07 Å². The van der Waals surface area contributed by atoms with Crippen LogP contribution in [-0.2, 0) is 4.79 Å². The third-order valence-electron chi connectivity index (χ3n) is 3.71. The maximum atomic E-state index is 13.0. The van der Waals surface area contributed by atoms with E-state index in [1.54, 1.807) is 50.5 Å². The van der Waals surface area contributed by atoms with Gasteiger partial charge in [-0.15, -0.1) is 0 Å². The smallest absolute Gasteiger partial charge is 0.259 e. The Morgan fingerprint density at radius 3 is 2.64 bits per heavy atom. The number of likely N-dealkylation sites (N-methyl/N-ethyl adjacent to an activating group) is 1. The van der Waals surface area contributed by atoms with Crippen LogP contribution in [0.1, 0.15) is 10.4 Å². The average molecular weight is 400 g/mol. The lowest BCUT2D eigenvalue weighted by Gasteiger charge is -2.11. The number of carbonyl (C=O) groups excluding carboxylic acids is 2. The lowest BCUT2D eigenvalue weighted by atomic mass is 10.2. The zero-order chi connectivity index (χ0) is 20.1. The van der Waals surface area contributed by atoms with Crippen LogP contribution < -0.4 is 10.1 Å². The molecule has 3 rings (SSSR count). The van der Waals surface area contributed by atoms with E-state index in [-0.39, 0.29) is 24.2 Å². The monoisotopic (exact) mass is 400 g/mol. The van der Waals surface area contributed by atoms with Crippen molar-refractivity contribution in [1.29, 1.82) is 0 Å². The number of aromatic nitrogens is 2. The van der Waals surface area contributed by atoms with Crippen molar-refractivity contribution in [2.24, 2.45) is 0 Å². The van der Waals surface area contributed by atoms with Crippen molar-refractivity contribution in [1.82, 2.24) is 14.3 Å². The van der Waals surface area contributed by atoms with Gasteiger partial charge in [0.15, 0.2) is 12.4 Å². The number of hydrogen-bond acceptors (Lipinski definition) is 6. The summed E-state index contributed by atoms with van der Waals surface area (Å²) in [5, 5.41) is 2.99. The molecule has 2 aromatic carbocycles. The van der Waals surface area contributed by atoms with Crippen LogP contribution in [0, 0.1) is 5.82 Å². The van der Waals surface area contributed by atoms with Gasteiger partial charge in [-0.05, 0) is 42.5 Å². The molecule has 1 heterocycles. The summed E-state index contributed by atoms with van der Waals surface area (Å²) in [5.41, 5.74) is 1.01. The number of benzene rings is 2. The number of nitrogens with zero attached hydrogens (tertiary/aromatic N) is 3. The Morgan fingerprint density at radius 2 is 1.93 bits per heavy atom. The summed E-state index contributed by atoms with van der Waals surface area (Å²) < 4.78 is 22.6. The van der Waals surface area contributed by atoms with Crippen LogP contribution in [0.5, 0.6) is 5.75 Å². The fourth-order valence-electron chi connectivity index (χ4n) is 2.16. The first-order chi connectivity index (χ1) is 13.4. The minimum absolute atomic E-state index is 0.116. The van der Waals surface area contributed by atoms with Gasteiger partial charge in [0.2, 0.25) is 5.13 Å². The molecule has 1 aromatic heterocycles. The summed E-state index contributed by atoms with van der Waals surface area (Å²) in [6, 6.07) is 12.3. The van der Waals surface area contributed by atoms with Gasteiger partial charge >= 0.3 is 0 Å². The second-order valence-electron chi connectivity index (χ2n) is 5.99. The molecule has 7 nitrogen and oxygen atoms in total. The number of amides is 2. The van der Waals surface area contributed by atoms with Crippen LogP contribution in [0.15, 0.2) is 48.5 Å². The topological polar surface area (TPSA) is 84.4 Å². The number of hydrogen-bond donors (Lipinski definition) is 1. The number of anilines is 1. The Hall–Kier alpha value is -3.33. The van der Waals surface area contributed by atoms with E-state index < -0.39 is 0 Å². The lowest BCUT2D eigenvalue weighted by molar-refractivity contribution is -0.130. The standard InChI is InChI=1S/C19H17FN4O3S/c1-24(2)16(25)11-27-15-5-3-4-13(10-15)18(26)22-19-21-17(23-28-19)12-6-8-14(20)9-7-12/h3-10H,11H2,1-2H3,(H,21,22,23,26). The molecule has 0 saturated carbocycles. The van der Waals surface area contributed by atoms with Gasteiger partial charge < -0.3 is 9.64 Å². The predicted octanol–water partition coefficient (Wildman–Crippen LogP) is 3.06. The van der Waals surface area contributed by atoms with Crippen LogP contribution in [0.25, 0.3) is 11.4 Å². The van der Waals surface area contributed by atoms with Crippen LogP contribution in [0.3, 0.4) is 0 Å². The molecule has 28 heavy (non-hydrogen) atoms. The molecule has 0 fully saturated rings. The molecule has 0 bridgehead atoms. The van der Waals surface area contributed by atoms with Gasteiger partial charge in [0.1, 0.15) is 11.6 Å². The fraction of sp³-hybridized carbons (Fsp3) is 0.158. The van der Waals surface area contributed by atoms with Crippen molar-refractivity contribution >= 4 is 28.5 Å². The Morgan fingerprint density at radius 1 is 1.18 bits per heavy atom. The summed E-state index contributed by atoms with van der Waals surface area (Å²) in [7, 11) is 3.27. The van der Waals surface area contributed by atoms with Crippen molar-refractivity contribution in [2.75, 3.05) is 26.0 Å². The molecular weight excluding hydrogens is 383 g/mol. The van der Waals surface area contributed by atoms with Crippen molar-refractivity contribution < 1.29 is 18.7 Å². The molecule has 0 saturated heterocycles. The van der Waals surface area contributed by atoms with Crippen LogP contribution >= 0.6 is 11.5 Å². The van der Waals surface area contributed by atoms with E-state index in [2.05, 4.69) is 14.7 Å². The Labute approximate surface area is 165 Å². The summed E-state index contributed by atoms with van der Waals surface area (Å²) in [5.74, 6) is -0.100. The molecule has 0 aliphatic rings. The third-order valence-corrected chi connectivity index (χ3v) is 4.34. The molecule has 0 radical (unpaired) electrons. The zero-order valence-electron chi connectivity index (χ0n) is 15.2. The van der Waals surface area contributed by atoms with E-state index in [1.165, 1.54) is 17.0 Å². The minimum atomic E-state index is -0.383. The molecule has 3 aromatic rings. The van der Waals surface area contributed by atoms with Gasteiger partial charge in [-0.2, -0.15) is 9.36 Å². The summed E-state index contributed by atoms with van der Waals surface area (Å²) in [6.07, 6.45) is 0. The van der Waals surface area contributed by atoms with E-state index in [0.29, 0.717) is 27.8 Å². The van der Waals surface area contributed by atoms with Gasteiger partial charge in [-0.3, -0.25) is 14.9 Å². The molecule has 0 unspecified atom stereocenters. The summed E-state index contributed by atoms with van der Waals surface area (Å²) in [4.78, 5) is 29.7. The highest BCUT2D eigenvalue weighted by atomic mass is 32.1. The number of rotatable bonds is 6. The van der Waals surface area contributed by atoms with E-state index >= 15 is 0 Å². The fourth-order valence-corrected chi connectivity index (χ4v) is 2.75.